The molecular weight excluding hydrogens is 420 g/mol. The van der Waals surface area contributed by atoms with E-state index in [1.807, 2.05) is 0 Å². The standard InChI is InChI=1S/C7H14O8.C6H12O7.Mg/c8-1-2(9)3(10)4(11)5(12)6(13)7(14)15;7-1-2(8)3(9)4(10)5(11)6(12)13;/h2-6,8-13H,1H2,(H,14,15);2-5,7-11H,1H2,(H,12,13);/q;;+2/p-2. The molecule has 0 aliphatic carbocycles. The summed E-state index contributed by atoms with van der Waals surface area (Å²) < 4.78 is 0. The third-order valence-corrected chi connectivity index (χ3v) is 3.34. The summed E-state index contributed by atoms with van der Waals surface area (Å²) in [6.45, 7) is -1.76. The van der Waals surface area contributed by atoms with E-state index in [-0.39, 0.29) is 23.1 Å². The van der Waals surface area contributed by atoms with Crippen molar-refractivity contribution >= 4 is 35.0 Å². The maximum Gasteiger partial charge on any atom is 2.00 e. The Morgan fingerprint density at radius 2 is 0.793 bits per heavy atom. The summed E-state index contributed by atoms with van der Waals surface area (Å²) in [7, 11) is 0. The third kappa shape index (κ3) is 11.3. The van der Waals surface area contributed by atoms with Gasteiger partial charge in [0.1, 0.15) is 54.9 Å². The Balaban J connectivity index is -0.000000455. The first-order valence-corrected chi connectivity index (χ1v) is 7.50. The number of carboxylic acid groups (broad SMARTS) is 2. The molecule has 15 nitrogen and oxygen atoms in total. The zero-order valence-electron chi connectivity index (χ0n) is 14.9. The van der Waals surface area contributed by atoms with E-state index in [0.717, 1.165) is 0 Å². The molecule has 0 radical (unpaired) electrons. The normalized spacial score (nSPS) is 20.2. The Kier molecular flexibility index (Phi) is 18.2. The molecule has 29 heavy (non-hydrogen) atoms. The second kappa shape index (κ2) is 16.0. The van der Waals surface area contributed by atoms with Crippen LogP contribution < -0.4 is 10.2 Å². The predicted octanol–water partition coefficient (Wildman–Crippen LogP) is -10.7. The average Bonchev–Trinajstić information content (AvgIpc) is 2.68. The molecule has 0 aliphatic rings. The van der Waals surface area contributed by atoms with Crippen LogP contribution in [0.25, 0.3) is 0 Å². The number of aliphatic carboxylic acids is 2. The number of carbonyl (C=O) groups excluding carboxylic acids is 2. The van der Waals surface area contributed by atoms with Gasteiger partial charge < -0.3 is 76.0 Å². The molecule has 11 N–H and O–H groups in total. The molecule has 0 saturated carbocycles. The van der Waals surface area contributed by atoms with Crippen molar-refractivity contribution in [3.63, 3.8) is 0 Å². The van der Waals surface area contributed by atoms with Gasteiger partial charge in [-0.15, -0.1) is 0 Å². The zero-order valence-corrected chi connectivity index (χ0v) is 16.3. The van der Waals surface area contributed by atoms with Gasteiger partial charge in [-0.25, -0.2) is 0 Å². The largest absolute Gasteiger partial charge is 2.00 e. The number of hydrogen-bond acceptors (Lipinski definition) is 15. The number of carboxylic acids is 2. The topological polar surface area (TPSA) is 303 Å². The second-order valence-electron chi connectivity index (χ2n) is 5.48. The fourth-order valence-corrected chi connectivity index (χ4v) is 1.53. The van der Waals surface area contributed by atoms with Crippen molar-refractivity contribution in [1.82, 2.24) is 0 Å². The van der Waals surface area contributed by atoms with E-state index in [1.165, 1.54) is 0 Å². The minimum absolute atomic E-state index is 0. The first-order valence-electron chi connectivity index (χ1n) is 7.50. The van der Waals surface area contributed by atoms with Gasteiger partial charge in [-0.3, -0.25) is 0 Å². The molecule has 0 aliphatic heterocycles. The Bertz CT molecular complexity index is 465. The molecule has 0 aromatic heterocycles. The van der Waals surface area contributed by atoms with Crippen molar-refractivity contribution in [2.45, 2.75) is 54.9 Å². The first kappa shape index (κ1) is 32.9. The van der Waals surface area contributed by atoms with Crippen LogP contribution in [0.15, 0.2) is 0 Å². The number of rotatable bonds is 11. The Morgan fingerprint density at radius 1 is 0.552 bits per heavy atom. The molecule has 0 aromatic rings. The van der Waals surface area contributed by atoms with E-state index in [9.17, 15) is 19.8 Å². The van der Waals surface area contributed by atoms with Crippen LogP contribution in [-0.2, 0) is 9.59 Å². The van der Waals surface area contributed by atoms with Crippen LogP contribution >= 0.6 is 0 Å². The summed E-state index contributed by atoms with van der Waals surface area (Å²) in [4.78, 5) is 20.1. The van der Waals surface area contributed by atoms with Crippen LogP contribution in [0.3, 0.4) is 0 Å². The SMILES string of the molecule is O=C([O-])C(O)C(O)C(O)C(O)C(O)CO.O=C([O-])C(O)C(O)C(O)C(O)CO.[Mg+2]. The van der Waals surface area contributed by atoms with Gasteiger partial charge in [0.2, 0.25) is 0 Å². The molecular formula is C13H24MgO15. The Morgan fingerprint density at radius 3 is 1.03 bits per heavy atom. The molecule has 168 valence electrons. The quantitative estimate of drug-likeness (QED) is 0.132. The van der Waals surface area contributed by atoms with Crippen LogP contribution in [0.2, 0.25) is 0 Å². The van der Waals surface area contributed by atoms with Gasteiger partial charge in [0.05, 0.1) is 25.2 Å². The molecule has 0 saturated heterocycles. The van der Waals surface area contributed by atoms with Gasteiger partial charge in [-0.05, 0) is 0 Å². The van der Waals surface area contributed by atoms with Crippen LogP contribution in [-0.4, -0.2) is 159 Å². The number of aliphatic hydroxyl groups is 11. The minimum Gasteiger partial charge on any atom is -0.547 e. The molecule has 9 unspecified atom stereocenters. The molecule has 16 heteroatoms. The summed E-state index contributed by atoms with van der Waals surface area (Å²) in [6.07, 6.45) is -18.6. The summed E-state index contributed by atoms with van der Waals surface area (Å²) in [5, 5.41) is 117. The monoisotopic (exact) mass is 444 g/mol. The van der Waals surface area contributed by atoms with Crippen LogP contribution in [0.5, 0.6) is 0 Å². The number of carbonyl (C=O) groups is 2. The molecule has 0 bridgehead atoms. The fraction of sp³-hybridized carbons (Fsp3) is 0.846. The first-order chi connectivity index (χ1) is 12.7. The maximum absolute atomic E-state index is 10.1. The Labute approximate surface area is 179 Å². The summed E-state index contributed by atoms with van der Waals surface area (Å²) in [5.74, 6) is -4.01. The van der Waals surface area contributed by atoms with E-state index in [2.05, 4.69) is 0 Å². The summed E-state index contributed by atoms with van der Waals surface area (Å²) in [6, 6.07) is 0. The maximum atomic E-state index is 10.1. The van der Waals surface area contributed by atoms with Crippen LogP contribution in [0.1, 0.15) is 0 Å². The van der Waals surface area contributed by atoms with E-state index >= 15 is 0 Å². The molecule has 0 rings (SSSR count). The van der Waals surface area contributed by atoms with Crippen LogP contribution in [0.4, 0.5) is 0 Å². The van der Waals surface area contributed by atoms with Crippen molar-refractivity contribution in [1.29, 1.82) is 0 Å². The Hall–Kier alpha value is -0.734. The predicted molar refractivity (Wildman–Crippen MR) is 84.0 cm³/mol. The molecule has 0 aromatic carbocycles. The third-order valence-electron chi connectivity index (χ3n) is 3.34. The van der Waals surface area contributed by atoms with Crippen molar-refractivity contribution in [2.24, 2.45) is 0 Å². The molecule has 0 heterocycles. The van der Waals surface area contributed by atoms with Crippen molar-refractivity contribution in [3.05, 3.63) is 0 Å². The van der Waals surface area contributed by atoms with Gasteiger partial charge in [0.25, 0.3) is 0 Å². The summed E-state index contributed by atoms with van der Waals surface area (Å²) in [5.41, 5.74) is 0. The molecule has 0 fully saturated rings. The van der Waals surface area contributed by atoms with Gasteiger partial charge in [0, 0.05) is 0 Å². The van der Waals surface area contributed by atoms with E-state index in [4.69, 9.17) is 56.2 Å². The molecule has 9 atom stereocenters. The molecule has 0 spiro atoms. The van der Waals surface area contributed by atoms with Crippen molar-refractivity contribution < 1.29 is 76.0 Å². The van der Waals surface area contributed by atoms with E-state index < -0.39 is 80.1 Å². The van der Waals surface area contributed by atoms with Gasteiger partial charge >= 0.3 is 23.1 Å². The van der Waals surface area contributed by atoms with Crippen LogP contribution in [0, 0.1) is 0 Å². The fourth-order valence-electron chi connectivity index (χ4n) is 1.53. The van der Waals surface area contributed by atoms with E-state index in [0.29, 0.717) is 0 Å². The van der Waals surface area contributed by atoms with Crippen molar-refractivity contribution in [3.8, 4) is 0 Å². The van der Waals surface area contributed by atoms with Crippen molar-refractivity contribution in [2.75, 3.05) is 13.2 Å². The smallest absolute Gasteiger partial charge is 0.547 e. The second-order valence-corrected chi connectivity index (χ2v) is 5.48. The number of aliphatic hydroxyl groups excluding tert-OH is 11. The van der Waals surface area contributed by atoms with Gasteiger partial charge in [-0.1, -0.05) is 0 Å². The average molecular weight is 445 g/mol. The minimum atomic E-state index is -2.40. The number of hydrogen-bond donors (Lipinski definition) is 11. The molecule has 0 amide bonds. The summed E-state index contributed by atoms with van der Waals surface area (Å²) >= 11 is 0. The van der Waals surface area contributed by atoms with Gasteiger partial charge in [0.15, 0.2) is 0 Å². The zero-order chi connectivity index (χ0) is 22.8. The van der Waals surface area contributed by atoms with Gasteiger partial charge in [-0.2, -0.15) is 0 Å². The van der Waals surface area contributed by atoms with E-state index in [1.54, 1.807) is 0 Å².